The molecule has 0 heterocycles. The van der Waals surface area contributed by atoms with Crippen molar-refractivity contribution in [1.82, 2.24) is 4.72 Å². The summed E-state index contributed by atoms with van der Waals surface area (Å²) in [7, 11) is -3.54. The summed E-state index contributed by atoms with van der Waals surface area (Å²) < 4.78 is 27.3. The Morgan fingerprint density at radius 3 is 2.43 bits per heavy atom. The highest BCUT2D eigenvalue weighted by molar-refractivity contribution is 7.89. The van der Waals surface area contributed by atoms with Crippen LogP contribution in [0.3, 0.4) is 0 Å². The van der Waals surface area contributed by atoms with Crippen LogP contribution in [0.5, 0.6) is 0 Å². The Morgan fingerprint density at radius 2 is 1.81 bits per heavy atom. The molecule has 3 N–H and O–H groups in total. The molecule has 2 rings (SSSR count). The third-order valence-electron chi connectivity index (χ3n) is 3.33. The van der Waals surface area contributed by atoms with Crippen molar-refractivity contribution in [2.24, 2.45) is 0 Å². The molecule has 2 aromatic rings. The third-order valence-corrected chi connectivity index (χ3v) is 4.73. The van der Waals surface area contributed by atoms with Crippen molar-refractivity contribution in [3.63, 3.8) is 0 Å². The second-order valence-electron chi connectivity index (χ2n) is 5.24. The van der Waals surface area contributed by atoms with Gasteiger partial charge in [0.2, 0.25) is 10.0 Å². The average Bonchev–Trinajstić information content (AvgIpc) is 2.45. The van der Waals surface area contributed by atoms with Crippen LogP contribution in [0.4, 0.5) is 5.69 Å². The molecule has 112 valence electrons. The molecular weight excluding hydrogens is 284 g/mol. The number of anilines is 1. The fourth-order valence-corrected chi connectivity index (χ4v) is 3.42. The number of nitrogens with one attached hydrogen (secondary N) is 1. The van der Waals surface area contributed by atoms with Gasteiger partial charge in [-0.2, -0.15) is 0 Å². The number of hydrogen-bond acceptors (Lipinski definition) is 3. The minimum absolute atomic E-state index is 0.100. The largest absolute Gasteiger partial charge is 0.399 e. The molecule has 0 amide bonds. The van der Waals surface area contributed by atoms with Crippen molar-refractivity contribution in [3.05, 3.63) is 59.7 Å². The van der Waals surface area contributed by atoms with Gasteiger partial charge in [0.25, 0.3) is 0 Å². The Morgan fingerprint density at radius 1 is 1.14 bits per heavy atom. The highest BCUT2D eigenvalue weighted by atomic mass is 32.2. The van der Waals surface area contributed by atoms with E-state index in [9.17, 15) is 8.42 Å². The van der Waals surface area contributed by atoms with Crippen LogP contribution in [-0.4, -0.2) is 15.0 Å². The Labute approximate surface area is 126 Å². The van der Waals surface area contributed by atoms with E-state index in [1.54, 1.807) is 12.1 Å². The monoisotopic (exact) mass is 304 g/mol. The number of benzene rings is 2. The predicted molar refractivity (Wildman–Crippen MR) is 85.6 cm³/mol. The SMILES string of the molecule is Cc1cc(N)cc(S(=O)(=O)NCC(C)c2ccccc2)c1. The van der Waals surface area contributed by atoms with E-state index < -0.39 is 10.0 Å². The number of hydrogen-bond donors (Lipinski definition) is 2. The van der Waals surface area contributed by atoms with Crippen LogP contribution in [0.2, 0.25) is 0 Å². The lowest BCUT2D eigenvalue weighted by Crippen LogP contribution is -2.27. The molecule has 1 atom stereocenters. The van der Waals surface area contributed by atoms with Gasteiger partial charge in [-0.25, -0.2) is 13.1 Å². The zero-order valence-electron chi connectivity index (χ0n) is 12.2. The van der Waals surface area contributed by atoms with Crippen LogP contribution in [0.15, 0.2) is 53.4 Å². The molecule has 0 fully saturated rings. The first-order valence-corrected chi connectivity index (χ1v) is 8.28. The van der Waals surface area contributed by atoms with Crippen LogP contribution in [0.25, 0.3) is 0 Å². The standard InChI is InChI=1S/C16H20N2O2S/c1-12-8-15(17)10-16(9-12)21(19,20)18-11-13(2)14-6-4-3-5-7-14/h3-10,13,18H,11,17H2,1-2H3. The van der Waals surface area contributed by atoms with Gasteiger partial charge in [0, 0.05) is 12.2 Å². The number of rotatable bonds is 5. The fraction of sp³-hybridized carbons (Fsp3) is 0.250. The Kier molecular flexibility index (Phi) is 4.65. The van der Waals surface area contributed by atoms with Crippen molar-refractivity contribution >= 4 is 15.7 Å². The zero-order valence-corrected chi connectivity index (χ0v) is 13.0. The summed E-state index contributed by atoms with van der Waals surface area (Å²) in [4.78, 5) is 0.209. The first kappa shape index (κ1) is 15.5. The molecule has 5 heteroatoms. The van der Waals surface area contributed by atoms with Gasteiger partial charge < -0.3 is 5.73 Å². The maximum atomic E-state index is 12.3. The van der Waals surface area contributed by atoms with Gasteiger partial charge in [0.05, 0.1) is 4.90 Å². The van der Waals surface area contributed by atoms with Gasteiger partial charge in [-0.05, 0) is 42.2 Å². The van der Waals surface area contributed by atoms with Crippen molar-refractivity contribution in [2.75, 3.05) is 12.3 Å². The summed E-state index contributed by atoms with van der Waals surface area (Å²) in [6.07, 6.45) is 0. The van der Waals surface area contributed by atoms with E-state index in [4.69, 9.17) is 5.73 Å². The minimum atomic E-state index is -3.54. The highest BCUT2D eigenvalue weighted by Gasteiger charge is 2.16. The maximum absolute atomic E-state index is 12.3. The average molecular weight is 304 g/mol. The summed E-state index contributed by atoms with van der Waals surface area (Å²) in [5, 5.41) is 0. The van der Waals surface area contributed by atoms with E-state index in [1.165, 1.54) is 6.07 Å². The van der Waals surface area contributed by atoms with Crippen LogP contribution >= 0.6 is 0 Å². The third kappa shape index (κ3) is 4.06. The van der Waals surface area contributed by atoms with Gasteiger partial charge in [-0.1, -0.05) is 37.3 Å². The molecule has 0 aliphatic heterocycles. The smallest absolute Gasteiger partial charge is 0.240 e. The molecule has 0 spiro atoms. The molecule has 0 aliphatic carbocycles. The van der Waals surface area contributed by atoms with Gasteiger partial charge in [-0.3, -0.25) is 0 Å². The summed E-state index contributed by atoms with van der Waals surface area (Å²) in [6, 6.07) is 14.6. The van der Waals surface area contributed by atoms with E-state index in [0.717, 1.165) is 11.1 Å². The molecule has 1 unspecified atom stereocenters. The summed E-state index contributed by atoms with van der Waals surface area (Å²) in [6.45, 7) is 4.16. The number of nitrogens with two attached hydrogens (primary N) is 1. The summed E-state index contributed by atoms with van der Waals surface area (Å²) >= 11 is 0. The zero-order chi connectivity index (χ0) is 15.5. The van der Waals surface area contributed by atoms with Gasteiger partial charge in [0.15, 0.2) is 0 Å². The maximum Gasteiger partial charge on any atom is 0.240 e. The topological polar surface area (TPSA) is 72.2 Å². The Bertz CT molecular complexity index is 692. The lowest BCUT2D eigenvalue weighted by molar-refractivity contribution is 0.575. The molecule has 0 aliphatic rings. The fourth-order valence-electron chi connectivity index (χ4n) is 2.15. The molecule has 0 aromatic heterocycles. The number of sulfonamides is 1. The normalized spacial score (nSPS) is 13.0. The van der Waals surface area contributed by atoms with Crippen molar-refractivity contribution in [2.45, 2.75) is 24.7 Å². The van der Waals surface area contributed by atoms with Crippen LogP contribution in [-0.2, 0) is 10.0 Å². The van der Waals surface area contributed by atoms with Gasteiger partial charge in [0.1, 0.15) is 0 Å². The molecule has 21 heavy (non-hydrogen) atoms. The van der Waals surface area contributed by atoms with Gasteiger partial charge >= 0.3 is 0 Å². The molecule has 0 bridgehead atoms. The Hall–Kier alpha value is -1.85. The van der Waals surface area contributed by atoms with Crippen molar-refractivity contribution in [1.29, 1.82) is 0 Å². The summed E-state index contributed by atoms with van der Waals surface area (Å²) in [5.74, 6) is 0.100. The van der Waals surface area contributed by atoms with Gasteiger partial charge in [-0.15, -0.1) is 0 Å². The second kappa shape index (κ2) is 6.28. The second-order valence-corrected chi connectivity index (χ2v) is 7.01. The first-order chi connectivity index (χ1) is 9.88. The molecule has 0 saturated carbocycles. The Balaban J connectivity index is 2.11. The predicted octanol–water partition coefficient (Wildman–Crippen LogP) is 2.66. The number of aryl methyl sites for hydroxylation is 1. The lowest BCUT2D eigenvalue weighted by atomic mass is 10.0. The van der Waals surface area contributed by atoms with E-state index in [0.29, 0.717) is 12.2 Å². The van der Waals surface area contributed by atoms with E-state index in [1.807, 2.05) is 44.2 Å². The quantitative estimate of drug-likeness (QED) is 0.834. The molecule has 0 radical (unpaired) electrons. The first-order valence-electron chi connectivity index (χ1n) is 6.80. The van der Waals surface area contributed by atoms with Crippen LogP contribution < -0.4 is 10.5 Å². The highest BCUT2D eigenvalue weighted by Crippen LogP contribution is 2.18. The van der Waals surface area contributed by atoms with Crippen molar-refractivity contribution in [3.8, 4) is 0 Å². The minimum Gasteiger partial charge on any atom is -0.399 e. The van der Waals surface area contributed by atoms with Crippen LogP contribution in [0, 0.1) is 6.92 Å². The van der Waals surface area contributed by atoms with Crippen molar-refractivity contribution < 1.29 is 8.42 Å². The lowest BCUT2D eigenvalue weighted by Gasteiger charge is -2.14. The van der Waals surface area contributed by atoms with E-state index in [2.05, 4.69) is 4.72 Å². The van der Waals surface area contributed by atoms with E-state index >= 15 is 0 Å². The molecule has 0 saturated heterocycles. The summed E-state index contributed by atoms with van der Waals surface area (Å²) in [5.41, 5.74) is 8.09. The molecular formula is C16H20N2O2S. The van der Waals surface area contributed by atoms with Crippen LogP contribution in [0.1, 0.15) is 24.0 Å². The molecule has 2 aromatic carbocycles. The number of nitrogen functional groups attached to an aromatic ring is 1. The van der Waals surface area contributed by atoms with E-state index in [-0.39, 0.29) is 10.8 Å². The molecule has 4 nitrogen and oxygen atoms in total.